The Hall–Kier alpha value is -0.430. The Morgan fingerprint density at radius 3 is 2.79 bits per heavy atom. The number of rotatable bonds is 7. The van der Waals surface area contributed by atoms with Gasteiger partial charge in [-0.3, -0.25) is 0 Å². The van der Waals surface area contributed by atoms with Crippen LogP contribution in [0, 0.1) is 5.26 Å². The smallest absolute Gasteiger partial charge is 0.272 e. The average Bonchev–Trinajstić information content (AvgIpc) is 2.90. The summed E-state index contributed by atoms with van der Waals surface area (Å²) in [4.78, 5) is 3.68. The summed E-state index contributed by atoms with van der Waals surface area (Å²) in [6.07, 6.45) is 5.60. The van der Waals surface area contributed by atoms with Gasteiger partial charge in [-0.25, -0.2) is 0 Å². The average molecular weight is 307 g/mol. The molecule has 1 heterocycles. The van der Waals surface area contributed by atoms with Crippen molar-refractivity contribution in [2.24, 2.45) is 5.73 Å². The number of aromatic nitrogens is 1. The molecular weight excluding hydrogens is 287 g/mol. The summed E-state index contributed by atoms with van der Waals surface area (Å²) >= 11 is 6.67. The Labute approximate surface area is 121 Å². The number of halogens is 2. The summed E-state index contributed by atoms with van der Waals surface area (Å²) in [7, 11) is 0. The number of nitrogens with two attached hydrogens (primary N) is 1. The molecule has 1 aliphatic carbocycles. The molecule has 0 aromatic carbocycles. The lowest BCUT2D eigenvalue weighted by Crippen LogP contribution is -2.41. The minimum absolute atomic E-state index is 0.315. The molecule has 4 N–H and O–H groups in total. The Bertz CT molecular complexity index is 401. The van der Waals surface area contributed by atoms with Crippen LogP contribution in [0.4, 0.5) is 10.2 Å². The number of hydrogen-bond acceptors (Lipinski definition) is 5. The third-order valence-electron chi connectivity index (χ3n) is 3.43. The van der Waals surface area contributed by atoms with Crippen molar-refractivity contribution in [2.45, 2.75) is 44.2 Å². The number of thiazole rings is 1. The molecule has 0 aliphatic heterocycles. The summed E-state index contributed by atoms with van der Waals surface area (Å²) in [6.45, 7) is 1.72. The zero-order valence-electron chi connectivity index (χ0n) is 10.8. The number of hydrogen-bond donors (Lipinski definition) is 3. The second-order valence-corrected chi connectivity index (χ2v) is 6.43. The van der Waals surface area contributed by atoms with Gasteiger partial charge >= 0.3 is 0 Å². The highest BCUT2D eigenvalue weighted by atomic mass is 35.5. The standard InChI is InChI=1S/C12H20ClFN4S/c13-10-11(18-12(14)19-10)17-7-2-1-6-16-9-5-3-4-8(9)15/h8-9,16-17H,1-7,15H2/t8-,9+/m1/s1. The van der Waals surface area contributed by atoms with Crippen LogP contribution in [0.5, 0.6) is 0 Å². The van der Waals surface area contributed by atoms with Crippen molar-refractivity contribution in [3.8, 4) is 0 Å². The van der Waals surface area contributed by atoms with Crippen molar-refractivity contribution in [1.82, 2.24) is 10.3 Å². The summed E-state index contributed by atoms with van der Waals surface area (Å²) in [5.41, 5.74) is 5.98. The summed E-state index contributed by atoms with van der Waals surface area (Å²) < 4.78 is 13.2. The zero-order valence-corrected chi connectivity index (χ0v) is 12.4. The Morgan fingerprint density at radius 2 is 2.16 bits per heavy atom. The van der Waals surface area contributed by atoms with E-state index < -0.39 is 5.26 Å². The third-order valence-corrected chi connectivity index (χ3v) is 4.47. The lowest BCUT2D eigenvalue weighted by molar-refractivity contribution is 0.468. The first-order chi connectivity index (χ1) is 9.16. The fourth-order valence-corrected chi connectivity index (χ4v) is 3.17. The molecule has 1 aromatic rings. The van der Waals surface area contributed by atoms with Gasteiger partial charge in [0, 0.05) is 18.6 Å². The van der Waals surface area contributed by atoms with Crippen molar-refractivity contribution >= 4 is 28.8 Å². The fourth-order valence-electron chi connectivity index (χ4n) is 2.37. The minimum atomic E-state index is -0.496. The van der Waals surface area contributed by atoms with E-state index >= 15 is 0 Å². The van der Waals surface area contributed by atoms with Crippen LogP contribution in [0.1, 0.15) is 32.1 Å². The van der Waals surface area contributed by atoms with Gasteiger partial charge in [0.05, 0.1) is 0 Å². The highest BCUT2D eigenvalue weighted by Crippen LogP contribution is 2.27. The normalized spacial score (nSPS) is 22.9. The molecule has 1 aliphatic rings. The molecule has 7 heteroatoms. The van der Waals surface area contributed by atoms with Crippen LogP contribution in [-0.2, 0) is 0 Å². The van der Waals surface area contributed by atoms with Gasteiger partial charge in [0.1, 0.15) is 4.34 Å². The maximum absolute atomic E-state index is 12.8. The van der Waals surface area contributed by atoms with E-state index in [0.29, 0.717) is 22.2 Å². The van der Waals surface area contributed by atoms with E-state index in [-0.39, 0.29) is 0 Å². The molecule has 19 heavy (non-hydrogen) atoms. The molecule has 0 amide bonds. The first kappa shape index (κ1) is 15.0. The first-order valence-corrected chi connectivity index (χ1v) is 7.91. The van der Waals surface area contributed by atoms with Gasteiger partial charge in [0.15, 0.2) is 5.82 Å². The summed E-state index contributed by atoms with van der Waals surface area (Å²) in [6, 6.07) is 0.796. The summed E-state index contributed by atoms with van der Waals surface area (Å²) in [5, 5.41) is 6.04. The van der Waals surface area contributed by atoms with E-state index in [4.69, 9.17) is 17.3 Å². The van der Waals surface area contributed by atoms with Crippen molar-refractivity contribution in [3.63, 3.8) is 0 Å². The van der Waals surface area contributed by atoms with Gasteiger partial charge in [0.2, 0.25) is 0 Å². The monoisotopic (exact) mass is 306 g/mol. The molecule has 1 saturated carbocycles. The molecule has 0 saturated heterocycles. The molecule has 2 atom stereocenters. The second-order valence-electron chi connectivity index (χ2n) is 4.88. The molecule has 2 rings (SSSR count). The van der Waals surface area contributed by atoms with Crippen molar-refractivity contribution in [2.75, 3.05) is 18.4 Å². The lowest BCUT2D eigenvalue weighted by atomic mass is 10.2. The maximum atomic E-state index is 12.8. The van der Waals surface area contributed by atoms with E-state index in [9.17, 15) is 4.39 Å². The molecule has 4 nitrogen and oxygen atoms in total. The molecule has 1 aromatic heterocycles. The largest absolute Gasteiger partial charge is 0.368 e. The molecule has 0 unspecified atom stereocenters. The lowest BCUT2D eigenvalue weighted by Gasteiger charge is -2.17. The van der Waals surface area contributed by atoms with Crippen LogP contribution in [-0.4, -0.2) is 30.2 Å². The highest BCUT2D eigenvalue weighted by Gasteiger charge is 2.22. The minimum Gasteiger partial charge on any atom is -0.368 e. The molecule has 0 spiro atoms. The number of anilines is 1. The SMILES string of the molecule is N[C@@H]1CCC[C@@H]1NCCCCNc1nc(F)sc1Cl. The van der Waals surface area contributed by atoms with E-state index in [2.05, 4.69) is 15.6 Å². The van der Waals surface area contributed by atoms with E-state index in [0.717, 1.165) is 43.7 Å². The van der Waals surface area contributed by atoms with Gasteiger partial charge in [-0.1, -0.05) is 29.4 Å². The van der Waals surface area contributed by atoms with Gasteiger partial charge in [-0.05, 0) is 32.2 Å². The van der Waals surface area contributed by atoms with Gasteiger partial charge in [-0.2, -0.15) is 9.37 Å². The molecular formula is C12H20ClFN4S. The van der Waals surface area contributed by atoms with E-state index in [1.807, 2.05) is 0 Å². The van der Waals surface area contributed by atoms with Crippen LogP contribution >= 0.6 is 22.9 Å². The number of nitrogens with one attached hydrogen (secondary N) is 2. The van der Waals surface area contributed by atoms with Crippen LogP contribution < -0.4 is 16.4 Å². The number of unbranched alkanes of at least 4 members (excludes halogenated alkanes) is 1. The van der Waals surface area contributed by atoms with Gasteiger partial charge in [0.25, 0.3) is 5.26 Å². The molecule has 0 bridgehead atoms. The predicted molar refractivity (Wildman–Crippen MR) is 78.4 cm³/mol. The Kier molecular flexibility index (Phi) is 5.81. The van der Waals surface area contributed by atoms with Crippen molar-refractivity contribution in [1.29, 1.82) is 0 Å². The van der Waals surface area contributed by atoms with E-state index in [1.165, 1.54) is 12.8 Å². The maximum Gasteiger partial charge on any atom is 0.272 e. The number of nitrogens with zero attached hydrogens (tertiary/aromatic N) is 1. The van der Waals surface area contributed by atoms with Crippen LogP contribution in [0.15, 0.2) is 0 Å². The van der Waals surface area contributed by atoms with Crippen LogP contribution in [0.3, 0.4) is 0 Å². The fraction of sp³-hybridized carbons (Fsp3) is 0.750. The van der Waals surface area contributed by atoms with E-state index in [1.54, 1.807) is 0 Å². The third kappa shape index (κ3) is 4.56. The summed E-state index contributed by atoms with van der Waals surface area (Å²) in [5.74, 6) is 0.454. The highest BCUT2D eigenvalue weighted by molar-refractivity contribution is 7.15. The first-order valence-electron chi connectivity index (χ1n) is 6.71. The Balaban J connectivity index is 1.54. The Morgan fingerprint density at radius 1 is 1.37 bits per heavy atom. The molecule has 1 fully saturated rings. The zero-order chi connectivity index (χ0) is 13.7. The van der Waals surface area contributed by atoms with Crippen molar-refractivity contribution in [3.05, 3.63) is 9.60 Å². The van der Waals surface area contributed by atoms with Crippen molar-refractivity contribution < 1.29 is 4.39 Å². The van der Waals surface area contributed by atoms with Crippen LogP contribution in [0.2, 0.25) is 4.34 Å². The van der Waals surface area contributed by atoms with Gasteiger partial charge in [-0.15, -0.1) is 0 Å². The second kappa shape index (κ2) is 7.38. The predicted octanol–water partition coefficient (Wildman–Crippen LogP) is 2.60. The topological polar surface area (TPSA) is 63.0 Å². The van der Waals surface area contributed by atoms with Gasteiger partial charge < -0.3 is 16.4 Å². The molecule has 108 valence electrons. The quantitative estimate of drug-likeness (QED) is 0.678. The van der Waals surface area contributed by atoms with Crippen LogP contribution in [0.25, 0.3) is 0 Å². The molecule has 0 radical (unpaired) electrons.